The zero-order valence-electron chi connectivity index (χ0n) is 17.9. The van der Waals surface area contributed by atoms with Crippen LogP contribution in [0.4, 0.5) is 0 Å². The van der Waals surface area contributed by atoms with Gasteiger partial charge in [0.05, 0.1) is 19.1 Å². The van der Waals surface area contributed by atoms with Crippen LogP contribution in [0.5, 0.6) is 5.75 Å². The lowest BCUT2D eigenvalue weighted by atomic mass is 9.73. The standard InChI is InChI=1S/C24H28N2O4/c1-16-13-20(17(2)26(16)18-7-9-19(30-3)10-8-18)21(27)15-25-22(28)14-24(23(25)29)11-5-4-6-12-24/h7-10,13H,4-6,11-12,14-15H2,1-3H3. The Kier molecular flexibility index (Phi) is 5.26. The predicted octanol–water partition coefficient (Wildman–Crippen LogP) is 3.99. The fraction of sp³-hybridized carbons (Fsp3) is 0.458. The zero-order valence-corrected chi connectivity index (χ0v) is 17.9. The van der Waals surface area contributed by atoms with Crippen LogP contribution < -0.4 is 4.74 Å². The molecular weight excluding hydrogens is 380 g/mol. The van der Waals surface area contributed by atoms with Crippen LogP contribution in [0.15, 0.2) is 30.3 Å². The van der Waals surface area contributed by atoms with Crippen LogP contribution in [0.3, 0.4) is 0 Å². The average molecular weight is 408 g/mol. The molecule has 2 heterocycles. The maximum Gasteiger partial charge on any atom is 0.236 e. The fourth-order valence-corrected chi connectivity index (χ4v) is 5.04. The SMILES string of the molecule is COc1ccc(-n2c(C)cc(C(=O)CN3C(=O)CC4(CCCCC4)C3=O)c2C)cc1. The number of likely N-dealkylation sites (tertiary alicyclic amines) is 1. The van der Waals surface area contributed by atoms with E-state index < -0.39 is 5.41 Å². The topological polar surface area (TPSA) is 68.6 Å². The minimum absolute atomic E-state index is 0.149. The number of nitrogens with zero attached hydrogens (tertiary/aromatic N) is 2. The molecule has 4 rings (SSSR count). The highest BCUT2D eigenvalue weighted by Gasteiger charge is 2.51. The van der Waals surface area contributed by atoms with Crippen molar-refractivity contribution in [2.75, 3.05) is 13.7 Å². The lowest BCUT2D eigenvalue weighted by Crippen LogP contribution is -2.39. The molecule has 0 radical (unpaired) electrons. The summed E-state index contributed by atoms with van der Waals surface area (Å²) < 4.78 is 7.22. The number of aryl methyl sites for hydroxylation is 1. The van der Waals surface area contributed by atoms with Gasteiger partial charge in [0, 0.05) is 29.1 Å². The number of hydrogen-bond donors (Lipinski definition) is 0. The molecule has 1 saturated carbocycles. The highest BCUT2D eigenvalue weighted by Crippen LogP contribution is 2.45. The summed E-state index contributed by atoms with van der Waals surface area (Å²) in [6.45, 7) is 3.66. The third-order valence-electron chi connectivity index (χ3n) is 6.66. The molecular formula is C24H28N2O4. The van der Waals surface area contributed by atoms with Gasteiger partial charge in [0.15, 0.2) is 5.78 Å². The molecule has 1 spiro atoms. The lowest BCUT2D eigenvalue weighted by Gasteiger charge is -2.30. The predicted molar refractivity (Wildman–Crippen MR) is 113 cm³/mol. The number of ketones is 1. The molecule has 2 amide bonds. The Morgan fingerprint density at radius 2 is 1.73 bits per heavy atom. The van der Waals surface area contributed by atoms with Crippen molar-refractivity contribution < 1.29 is 19.1 Å². The first-order valence-corrected chi connectivity index (χ1v) is 10.6. The van der Waals surface area contributed by atoms with Crippen LogP contribution in [-0.4, -0.2) is 40.7 Å². The van der Waals surface area contributed by atoms with Crippen LogP contribution in [-0.2, 0) is 9.59 Å². The van der Waals surface area contributed by atoms with Crippen molar-refractivity contribution in [3.05, 3.63) is 47.3 Å². The van der Waals surface area contributed by atoms with E-state index in [9.17, 15) is 14.4 Å². The second-order valence-corrected chi connectivity index (χ2v) is 8.54. The second-order valence-electron chi connectivity index (χ2n) is 8.54. The van der Waals surface area contributed by atoms with Crippen molar-refractivity contribution >= 4 is 17.6 Å². The molecule has 1 aliphatic carbocycles. The molecule has 2 aromatic rings. The van der Waals surface area contributed by atoms with E-state index >= 15 is 0 Å². The normalized spacial score (nSPS) is 18.3. The number of amides is 2. The number of benzene rings is 1. The maximum absolute atomic E-state index is 13.1. The molecule has 158 valence electrons. The van der Waals surface area contributed by atoms with Crippen LogP contribution in [0.1, 0.15) is 60.3 Å². The summed E-state index contributed by atoms with van der Waals surface area (Å²) in [5.74, 6) is 0.210. The van der Waals surface area contributed by atoms with E-state index in [2.05, 4.69) is 0 Å². The molecule has 0 unspecified atom stereocenters. The Morgan fingerprint density at radius 3 is 2.37 bits per heavy atom. The minimum Gasteiger partial charge on any atom is -0.497 e. The zero-order chi connectivity index (χ0) is 21.5. The number of ether oxygens (including phenoxy) is 1. The number of rotatable bonds is 5. The van der Waals surface area contributed by atoms with Crippen molar-refractivity contribution in [1.29, 1.82) is 0 Å². The first kappa shape index (κ1) is 20.4. The fourth-order valence-electron chi connectivity index (χ4n) is 5.04. The van der Waals surface area contributed by atoms with E-state index in [1.54, 1.807) is 7.11 Å². The Bertz CT molecular complexity index is 997. The van der Waals surface area contributed by atoms with E-state index in [4.69, 9.17) is 4.74 Å². The van der Waals surface area contributed by atoms with E-state index in [-0.39, 0.29) is 30.6 Å². The number of carbonyl (C=O) groups is 3. The van der Waals surface area contributed by atoms with E-state index in [1.165, 1.54) is 4.90 Å². The molecule has 1 aromatic heterocycles. The van der Waals surface area contributed by atoms with Crippen LogP contribution in [0, 0.1) is 19.3 Å². The number of hydrogen-bond acceptors (Lipinski definition) is 4. The Labute approximate surface area is 176 Å². The van der Waals surface area contributed by atoms with Crippen molar-refractivity contribution in [3.63, 3.8) is 0 Å². The minimum atomic E-state index is -0.560. The second kappa shape index (κ2) is 7.74. The Hall–Kier alpha value is -2.89. The van der Waals surface area contributed by atoms with Gasteiger partial charge in [0.2, 0.25) is 11.8 Å². The summed E-state index contributed by atoms with van der Waals surface area (Å²) in [5.41, 5.74) is 2.64. The van der Waals surface area contributed by atoms with Gasteiger partial charge >= 0.3 is 0 Å². The van der Waals surface area contributed by atoms with Gasteiger partial charge < -0.3 is 9.30 Å². The monoisotopic (exact) mass is 408 g/mol. The third-order valence-corrected chi connectivity index (χ3v) is 6.66. The third kappa shape index (κ3) is 3.34. The molecule has 0 bridgehead atoms. The summed E-state index contributed by atoms with van der Waals surface area (Å²) >= 11 is 0. The van der Waals surface area contributed by atoms with Crippen LogP contribution in [0.2, 0.25) is 0 Å². The number of methoxy groups -OCH3 is 1. The quantitative estimate of drug-likeness (QED) is 0.554. The van der Waals surface area contributed by atoms with Gasteiger partial charge in [0.25, 0.3) is 0 Å². The Morgan fingerprint density at radius 1 is 1.07 bits per heavy atom. The highest BCUT2D eigenvalue weighted by atomic mass is 16.5. The van der Waals surface area contributed by atoms with Crippen LogP contribution in [0.25, 0.3) is 5.69 Å². The van der Waals surface area contributed by atoms with Crippen LogP contribution >= 0.6 is 0 Å². The van der Waals surface area contributed by atoms with Gasteiger partial charge in [-0.3, -0.25) is 19.3 Å². The summed E-state index contributed by atoms with van der Waals surface area (Å²) in [6, 6.07) is 9.46. The van der Waals surface area contributed by atoms with Crippen molar-refractivity contribution in [3.8, 4) is 11.4 Å². The molecule has 0 atom stereocenters. The molecule has 1 aliphatic heterocycles. The summed E-state index contributed by atoms with van der Waals surface area (Å²) in [6.07, 6.45) is 4.83. The van der Waals surface area contributed by atoms with Gasteiger partial charge in [-0.25, -0.2) is 0 Å². The van der Waals surface area contributed by atoms with Crippen molar-refractivity contribution in [2.45, 2.75) is 52.4 Å². The molecule has 0 N–H and O–H groups in total. The summed E-state index contributed by atoms with van der Waals surface area (Å²) in [5, 5.41) is 0. The number of Topliss-reactive ketones (excluding diaryl/α,β-unsaturated/α-hetero) is 1. The first-order chi connectivity index (χ1) is 14.4. The summed E-state index contributed by atoms with van der Waals surface area (Å²) in [4.78, 5) is 39.9. The lowest BCUT2D eigenvalue weighted by molar-refractivity contribution is -0.141. The van der Waals surface area contributed by atoms with E-state index in [0.717, 1.165) is 54.9 Å². The number of aromatic nitrogens is 1. The average Bonchev–Trinajstić information content (AvgIpc) is 3.16. The maximum atomic E-state index is 13.1. The largest absolute Gasteiger partial charge is 0.497 e. The summed E-state index contributed by atoms with van der Waals surface area (Å²) in [7, 11) is 1.62. The Balaban J connectivity index is 1.57. The number of carbonyl (C=O) groups excluding carboxylic acids is 3. The first-order valence-electron chi connectivity index (χ1n) is 10.6. The van der Waals surface area contributed by atoms with E-state index in [0.29, 0.717) is 5.56 Å². The molecule has 2 aliphatic rings. The number of imide groups is 1. The van der Waals surface area contributed by atoms with Crippen molar-refractivity contribution in [1.82, 2.24) is 9.47 Å². The van der Waals surface area contributed by atoms with Gasteiger partial charge in [-0.15, -0.1) is 0 Å². The molecule has 1 saturated heterocycles. The molecule has 6 nitrogen and oxygen atoms in total. The van der Waals surface area contributed by atoms with Gasteiger partial charge in [0.1, 0.15) is 5.75 Å². The van der Waals surface area contributed by atoms with Gasteiger partial charge in [-0.05, 0) is 57.0 Å². The molecule has 2 fully saturated rings. The van der Waals surface area contributed by atoms with E-state index in [1.807, 2.05) is 48.7 Å². The smallest absolute Gasteiger partial charge is 0.236 e. The molecule has 6 heteroatoms. The van der Waals surface area contributed by atoms with Crippen molar-refractivity contribution in [2.24, 2.45) is 5.41 Å². The van der Waals surface area contributed by atoms with Gasteiger partial charge in [-0.2, -0.15) is 0 Å². The van der Waals surface area contributed by atoms with Gasteiger partial charge in [-0.1, -0.05) is 19.3 Å². The highest BCUT2D eigenvalue weighted by molar-refractivity contribution is 6.10. The molecule has 30 heavy (non-hydrogen) atoms. The molecule has 1 aromatic carbocycles.